The summed E-state index contributed by atoms with van der Waals surface area (Å²) in [6.45, 7) is 24.5. The molecule has 0 bridgehead atoms. The Morgan fingerprint density at radius 2 is 1.56 bits per heavy atom. The molecule has 1 saturated heterocycles. The smallest absolute Gasteiger partial charge is 0.109 e. The van der Waals surface area contributed by atoms with Crippen LogP contribution in [0.3, 0.4) is 0 Å². The lowest BCUT2D eigenvalue weighted by atomic mass is 9.70. The van der Waals surface area contributed by atoms with Crippen molar-refractivity contribution in [3.8, 4) is 0 Å². The molecule has 0 aromatic rings. The molecule has 1 N–H and O–H groups in total. The second-order valence-electron chi connectivity index (χ2n) is 10.7. The quantitative estimate of drug-likeness (QED) is 0.825. The summed E-state index contributed by atoms with van der Waals surface area (Å²) in [7, 11) is 0. The summed E-state index contributed by atoms with van der Waals surface area (Å²) in [5.41, 5.74) is 3.07. The van der Waals surface area contributed by atoms with Crippen molar-refractivity contribution >= 4 is 5.84 Å². The van der Waals surface area contributed by atoms with Crippen LogP contribution in [0.15, 0.2) is 16.3 Å². The van der Waals surface area contributed by atoms with E-state index in [1.54, 1.807) is 0 Å². The maximum Gasteiger partial charge on any atom is 0.109 e. The van der Waals surface area contributed by atoms with Crippen molar-refractivity contribution in [3.63, 3.8) is 0 Å². The van der Waals surface area contributed by atoms with Gasteiger partial charge in [0.2, 0.25) is 0 Å². The number of fused-ring (bicyclic) bond motifs is 1. The molecule has 1 fully saturated rings. The van der Waals surface area contributed by atoms with Crippen molar-refractivity contribution in [2.45, 2.75) is 68.4 Å². The Morgan fingerprint density at radius 3 is 2.00 bits per heavy atom. The average Bonchev–Trinajstić information content (AvgIpc) is 2.42. The van der Waals surface area contributed by atoms with Crippen molar-refractivity contribution in [3.05, 3.63) is 11.3 Å². The van der Waals surface area contributed by atoms with Gasteiger partial charge in [0, 0.05) is 37.3 Å². The van der Waals surface area contributed by atoms with Gasteiger partial charge in [-0.05, 0) is 16.4 Å². The standard InChI is InChI=1S/C21H39N3O/c1-19(2,3)16-15-14-23(12-13-25)10-11-24(15)18(21(7,8)9)22-17(16)20(4,5)6/h17,25H,10-14H2,1-9H3. The topological polar surface area (TPSA) is 39.1 Å². The van der Waals surface area contributed by atoms with Crippen molar-refractivity contribution in [1.29, 1.82) is 0 Å². The zero-order chi connectivity index (χ0) is 19.2. The molecule has 0 aliphatic carbocycles. The number of hydrogen-bond acceptors (Lipinski definition) is 4. The fourth-order valence-electron chi connectivity index (χ4n) is 4.03. The van der Waals surface area contributed by atoms with Crippen LogP contribution < -0.4 is 0 Å². The first-order valence-corrected chi connectivity index (χ1v) is 9.69. The molecule has 144 valence electrons. The van der Waals surface area contributed by atoms with E-state index < -0.39 is 0 Å². The zero-order valence-electron chi connectivity index (χ0n) is 17.9. The number of rotatable bonds is 2. The van der Waals surface area contributed by atoms with Crippen LogP contribution in [0.25, 0.3) is 0 Å². The number of aliphatic hydroxyl groups is 1. The van der Waals surface area contributed by atoms with Crippen LogP contribution in [0.1, 0.15) is 62.3 Å². The van der Waals surface area contributed by atoms with Gasteiger partial charge in [-0.15, -0.1) is 0 Å². The highest BCUT2D eigenvalue weighted by molar-refractivity contribution is 5.90. The molecule has 0 aromatic heterocycles. The molecule has 2 heterocycles. The molecule has 0 spiro atoms. The molecule has 2 aliphatic rings. The third-order valence-electron chi connectivity index (χ3n) is 5.15. The number of aliphatic imine (C=N–C) groups is 1. The lowest BCUT2D eigenvalue weighted by Gasteiger charge is -2.51. The number of amidine groups is 1. The Labute approximate surface area is 155 Å². The third kappa shape index (κ3) is 4.28. The number of hydrogen-bond donors (Lipinski definition) is 1. The zero-order valence-corrected chi connectivity index (χ0v) is 17.9. The molecule has 0 aromatic carbocycles. The largest absolute Gasteiger partial charge is 0.395 e. The summed E-state index contributed by atoms with van der Waals surface area (Å²) in [6.07, 6.45) is 0. The van der Waals surface area contributed by atoms with Gasteiger partial charge in [-0.3, -0.25) is 9.89 Å². The van der Waals surface area contributed by atoms with E-state index in [0.29, 0.717) is 0 Å². The molecule has 4 nitrogen and oxygen atoms in total. The molecule has 2 aliphatic heterocycles. The van der Waals surface area contributed by atoms with Crippen LogP contribution in [-0.4, -0.2) is 59.6 Å². The maximum atomic E-state index is 9.41. The van der Waals surface area contributed by atoms with Crippen molar-refractivity contribution in [2.75, 3.05) is 32.8 Å². The van der Waals surface area contributed by atoms with Crippen LogP contribution in [0.4, 0.5) is 0 Å². The van der Waals surface area contributed by atoms with E-state index >= 15 is 0 Å². The van der Waals surface area contributed by atoms with E-state index in [9.17, 15) is 5.11 Å². The summed E-state index contributed by atoms with van der Waals surface area (Å²) in [6, 6.07) is 0.196. The molecule has 2 rings (SSSR count). The second-order valence-corrected chi connectivity index (χ2v) is 10.7. The molecule has 25 heavy (non-hydrogen) atoms. The number of piperazine rings is 1. The molecule has 0 amide bonds. The van der Waals surface area contributed by atoms with Crippen molar-refractivity contribution in [1.82, 2.24) is 9.80 Å². The maximum absolute atomic E-state index is 9.41. The summed E-state index contributed by atoms with van der Waals surface area (Å²) >= 11 is 0. The third-order valence-corrected chi connectivity index (χ3v) is 5.15. The molecule has 4 heteroatoms. The Bertz CT molecular complexity index is 555. The average molecular weight is 350 g/mol. The van der Waals surface area contributed by atoms with Gasteiger partial charge in [0.05, 0.1) is 12.6 Å². The predicted molar refractivity (Wildman–Crippen MR) is 107 cm³/mol. The lowest BCUT2D eigenvalue weighted by Crippen LogP contribution is -2.55. The molecule has 0 saturated carbocycles. The SMILES string of the molecule is CC(C)(C)C1=NC(C(C)(C)C)C(C(C)(C)C)=C2CN(CCO)CCN12. The minimum atomic E-state index is 0.0251. The fraction of sp³-hybridized carbons (Fsp3) is 0.857. The second kappa shape index (κ2) is 6.70. The normalized spacial score (nSPS) is 23.7. The number of aliphatic hydroxyl groups excluding tert-OH is 1. The van der Waals surface area contributed by atoms with Crippen LogP contribution in [-0.2, 0) is 0 Å². The van der Waals surface area contributed by atoms with E-state index in [1.165, 1.54) is 17.1 Å². The lowest BCUT2D eigenvalue weighted by molar-refractivity contribution is 0.157. The summed E-state index contributed by atoms with van der Waals surface area (Å²) in [5, 5.41) is 9.41. The highest BCUT2D eigenvalue weighted by Crippen LogP contribution is 2.45. The monoisotopic (exact) mass is 349 g/mol. The highest BCUT2D eigenvalue weighted by atomic mass is 16.3. The highest BCUT2D eigenvalue weighted by Gasteiger charge is 2.44. The molecular formula is C21H39N3O. The van der Waals surface area contributed by atoms with Gasteiger partial charge in [-0.2, -0.15) is 0 Å². The van der Waals surface area contributed by atoms with Gasteiger partial charge >= 0.3 is 0 Å². The fourth-order valence-corrected chi connectivity index (χ4v) is 4.03. The van der Waals surface area contributed by atoms with Gasteiger partial charge in [0.15, 0.2) is 0 Å². The minimum Gasteiger partial charge on any atom is -0.395 e. The molecule has 0 radical (unpaired) electrons. The Kier molecular flexibility index (Phi) is 5.48. The first-order chi connectivity index (χ1) is 11.3. The van der Waals surface area contributed by atoms with Crippen LogP contribution in [0, 0.1) is 16.2 Å². The van der Waals surface area contributed by atoms with E-state index in [4.69, 9.17) is 4.99 Å². The van der Waals surface area contributed by atoms with Crippen molar-refractivity contribution in [2.24, 2.45) is 21.2 Å². The van der Waals surface area contributed by atoms with E-state index in [1.807, 2.05) is 0 Å². The summed E-state index contributed by atoms with van der Waals surface area (Å²) in [5.74, 6) is 1.22. The van der Waals surface area contributed by atoms with Gasteiger partial charge in [0.25, 0.3) is 0 Å². The Balaban J connectivity index is 2.62. The predicted octanol–water partition coefficient (Wildman–Crippen LogP) is 3.77. The van der Waals surface area contributed by atoms with E-state index in [0.717, 1.165) is 26.2 Å². The van der Waals surface area contributed by atoms with Gasteiger partial charge in [-0.1, -0.05) is 62.3 Å². The number of β-amino-alcohol motifs (C(OH)–C–C–N with tert-alkyl or cyclic N) is 1. The van der Waals surface area contributed by atoms with E-state index in [-0.39, 0.29) is 28.9 Å². The first kappa shape index (κ1) is 20.4. The minimum absolute atomic E-state index is 0.0251. The Morgan fingerprint density at radius 1 is 0.960 bits per heavy atom. The van der Waals surface area contributed by atoms with Gasteiger partial charge < -0.3 is 10.0 Å². The summed E-state index contributed by atoms with van der Waals surface area (Å²) in [4.78, 5) is 10.2. The van der Waals surface area contributed by atoms with Gasteiger partial charge in [0.1, 0.15) is 5.84 Å². The van der Waals surface area contributed by atoms with Crippen LogP contribution in [0.2, 0.25) is 0 Å². The van der Waals surface area contributed by atoms with Gasteiger partial charge in [-0.25, -0.2) is 0 Å². The summed E-state index contributed by atoms with van der Waals surface area (Å²) < 4.78 is 0. The molecule has 1 unspecified atom stereocenters. The van der Waals surface area contributed by atoms with Crippen LogP contribution >= 0.6 is 0 Å². The number of nitrogens with zero attached hydrogens (tertiary/aromatic N) is 3. The van der Waals surface area contributed by atoms with Crippen molar-refractivity contribution < 1.29 is 5.11 Å². The van der Waals surface area contributed by atoms with E-state index in [2.05, 4.69) is 72.1 Å². The Hall–Kier alpha value is -0.870. The molecular weight excluding hydrogens is 310 g/mol. The molecule has 1 atom stereocenters. The van der Waals surface area contributed by atoms with Crippen LogP contribution in [0.5, 0.6) is 0 Å². The first-order valence-electron chi connectivity index (χ1n) is 9.69.